The van der Waals surface area contributed by atoms with Crippen molar-refractivity contribution >= 4 is 0 Å². The number of terminal acetylenes is 1. The first-order chi connectivity index (χ1) is 14.1. The van der Waals surface area contributed by atoms with Crippen LogP contribution in [0, 0.1) is 12.3 Å². The lowest BCUT2D eigenvalue weighted by atomic mass is 10.3. The Bertz CT molecular complexity index is 394. The molecule has 0 aromatic heterocycles. The zero-order valence-corrected chi connectivity index (χ0v) is 23.2. The molecular weight excluding hydrogens is 360 g/mol. The van der Waals surface area contributed by atoms with Gasteiger partial charge in [-0.15, -0.1) is 25.5 Å². The molecule has 0 saturated carbocycles. The van der Waals surface area contributed by atoms with E-state index in [1.54, 1.807) is 13.0 Å². The van der Waals surface area contributed by atoms with Crippen molar-refractivity contribution in [2.75, 3.05) is 0 Å². The van der Waals surface area contributed by atoms with Crippen LogP contribution in [0.15, 0.2) is 72.9 Å². The molecule has 0 rings (SSSR count). The van der Waals surface area contributed by atoms with E-state index in [0.29, 0.717) is 0 Å². The van der Waals surface area contributed by atoms with Crippen molar-refractivity contribution in [3.05, 3.63) is 72.9 Å². The third kappa shape index (κ3) is 451. The van der Waals surface area contributed by atoms with Gasteiger partial charge in [-0.2, -0.15) is 0 Å². The van der Waals surface area contributed by atoms with E-state index in [0.717, 1.165) is 6.42 Å². The highest BCUT2D eigenvalue weighted by Gasteiger charge is 1.64. The minimum Gasteiger partial charge on any atom is -0.120 e. The monoisotopic (exact) mass is 418 g/mol. The number of hydrogen-bond acceptors (Lipinski definition) is 0. The van der Waals surface area contributed by atoms with Crippen LogP contribution in [-0.2, 0) is 0 Å². The van der Waals surface area contributed by atoms with E-state index < -0.39 is 0 Å². The first-order valence-corrected chi connectivity index (χ1v) is 11.0. The van der Waals surface area contributed by atoms with Crippen molar-refractivity contribution < 1.29 is 0 Å². The van der Waals surface area contributed by atoms with Gasteiger partial charge in [0.15, 0.2) is 0 Å². The van der Waals surface area contributed by atoms with Crippen LogP contribution < -0.4 is 0 Å². The number of unbranched alkanes of at least 4 members (excludes halogenated alkanes) is 1. The Morgan fingerprint density at radius 1 is 0.800 bits per heavy atom. The summed E-state index contributed by atoms with van der Waals surface area (Å²) in [7, 11) is 0. The lowest BCUT2D eigenvalue weighted by molar-refractivity contribution is 0.957. The van der Waals surface area contributed by atoms with Gasteiger partial charge in [0, 0.05) is 0 Å². The first-order valence-electron chi connectivity index (χ1n) is 11.0. The summed E-state index contributed by atoms with van der Waals surface area (Å²) in [5.74, 6) is 2.25. The van der Waals surface area contributed by atoms with Gasteiger partial charge in [-0.1, -0.05) is 80.0 Å². The quantitative estimate of drug-likeness (QED) is 0.315. The van der Waals surface area contributed by atoms with Crippen LogP contribution in [0.25, 0.3) is 0 Å². The smallest absolute Gasteiger partial charge is 0.00297 e. The normalized spacial score (nSPS) is 7.73. The molecule has 30 heavy (non-hydrogen) atoms. The molecule has 0 heteroatoms. The van der Waals surface area contributed by atoms with Gasteiger partial charge in [0.05, 0.1) is 0 Å². The maximum atomic E-state index is 4.60. The largest absolute Gasteiger partial charge is 0.120 e. The predicted molar refractivity (Wildman–Crippen MR) is 151 cm³/mol. The highest BCUT2D eigenvalue weighted by molar-refractivity contribution is 4.88. The van der Waals surface area contributed by atoms with Crippen LogP contribution in [0.5, 0.6) is 0 Å². The highest BCUT2D eigenvalue weighted by atomic mass is 13.7. The number of rotatable bonds is 3. The summed E-state index contributed by atoms with van der Waals surface area (Å²) < 4.78 is 0. The molecule has 0 saturated heterocycles. The van der Waals surface area contributed by atoms with E-state index in [4.69, 9.17) is 0 Å². The molecule has 0 aromatic carbocycles. The summed E-state index contributed by atoms with van der Waals surface area (Å²) in [6.07, 6.45) is 24.5. The van der Waals surface area contributed by atoms with Gasteiger partial charge < -0.3 is 0 Å². The minimum atomic E-state index is 1.16. The zero-order valence-electron chi connectivity index (χ0n) is 23.2. The standard InChI is InChI=1S/C6H12.2C5H10.2C4H8.C3H6.C3H4/c1-3-5-6-4-2;1-4-5(2)3;1-3-5-4-2;1-4(2)3;1-3-4-2;2*1-3-2/h3,5H,4,6H2,1-2H3;4H,1-3H3;3,5H,4H2,1-2H3;1H2,2-3H3;3-4H,1-2H3;3H,1H2,2H3;1H,2H3. The average molecular weight is 419 g/mol. The minimum absolute atomic E-state index is 1.16. The van der Waals surface area contributed by atoms with E-state index in [9.17, 15) is 0 Å². The van der Waals surface area contributed by atoms with E-state index in [1.807, 2.05) is 60.6 Å². The number of hydrogen-bond donors (Lipinski definition) is 0. The lowest BCUT2D eigenvalue weighted by Crippen LogP contribution is -1.55. The van der Waals surface area contributed by atoms with Crippen molar-refractivity contribution in [2.24, 2.45) is 0 Å². The Morgan fingerprint density at radius 2 is 1.07 bits per heavy atom. The van der Waals surface area contributed by atoms with Gasteiger partial charge in [-0.3, -0.25) is 0 Å². The molecule has 0 nitrogen and oxygen atoms in total. The molecule has 0 amide bonds. The molecule has 0 radical (unpaired) electrons. The molecule has 0 aliphatic heterocycles. The van der Waals surface area contributed by atoms with E-state index in [1.165, 1.54) is 24.0 Å². The highest BCUT2D eigenvalue weighted by Crippen LogP contribution is 1.85. The fraction of sp³-hybridized carbons (Fsp3) is 0.533. The van der Waals surface area contributed by atoms with Crippen molar-refractivity contribution in [3.63, 3.8) is 0 Å². The number of allylic oxidation sites excluding steroid dienone is 10. The molecule has 0 aromatic rings. The van der Waals surface area contributed by atoms with Crippen molar-refractivity contribution in [1.29, 1.82) is 0 Å². The van der Waals surface area contributed by atoms with Crippen LogP contribution in [0.2, 0.25) is 0 Å². The summed E-state index contributed by atoms with van der Waals surface area (Å²) in [4.78, 5) is 0. The molecule has 0 fully saturated rings. The molecule has 0 spiro atoms. The molecular formula is C30H58. The molecule has 0 N–H and O–H groups in total. The van der Waals surface area contributed by atoms with Crippen molar-refractivity contribution in [3.8, 4) is 12.3 Å². The Labute approximate surface area is 194 Å². The Morgan fingerprint density at radius 3 is 1.10 bits per heavy atom. The predicted octanol–water partition coefficient (Wildman–Crippen LogP) is 11.3. The second-order valence-corrected chi connectivity index (χ2v) is 6.27. The second-order valence-electron chi connectivity index (χ2n) is 6.27. The second kappa shape index (κ2) is 71.3. The molecule has 0 bridgehead atoms. The van der Waals surface area contributed by atoms with E-state index >= 15 is 0 Å². The topological polar surface area (TPSA) is 0 Å². The van der Waals surface area contributed by atoms with Crippen LogP contribution >= 0.6 is 0 Å². The Hall–Kier alpha value is -2.00. The van der Waals surface area contributed by atoms with Crippen LogP contribution in [0.3, 0.4) is 0 Å². The molecule has 0 atom stereocenters. The Kier molecular flexibility index (Phi) is 110. The molecule has 0 unspecified atom stereocenters. The van der Waals surface area contributed by atoms with Crippen molar-refractivity contribution in [2.45, 2.75) is 109 Å². The van der Waals surface area contributed by atoms with Crippen LogP contribution in [0.4, 0.5) is 0 Å². The van der Waals surface area contributed by atoms with Gasteiger partial charge in [0.1, 0.15) is 0 Å². The van der Waals surface area contributed by atoms with Crippen LogP contribution in [0.1, 0.15) is 109 Å². The summed E-state index contributed by atoms with van der Waals surface area (Å²) in [6.45, 7) is 33.0. The maximum Gasteiger partial charge on any atom is -0.00297 e. The third-order valence-corrected chi connectivity index (χ3v) is 2.07. The molecule has 0 aliphatic carbocycles. The van der Waals surface area contributed by atoms with Gasteiger partial charge in [-0.05, 0) is 89.0 Å². The zero-order chi connectivity index (χ0) is 25.6. The van der Waals surface area contributed by atoms with Gasteiger partial charge in [-0.25, -0.2) is 0 Å². The molecule has 0 aliphatic rings. The summed E-state index contributed by atoms with van der Waals surface area (Å²) in [5.41, 5.74) is 2.55. The summed E-state index contributed by atoms with van der Waals surface area (Å²) in [5, 5.41) is 0. The van der Waals surface area contributed by atoms with E-state index in [-0.39, 0.29) is 0 Å². The lowest BCUT2D eigenvalue weighted by Gasteiger charge is -1.76. The molecule has 0 heterocycles. The summed E-state index contributed by atoms with van der Waals surface area (Å²) in [6, 6.07) is 0. The van der Waals surface area contributed by atoms with Gasteiger partial charge >= 0.3 is 0 Å². The van der Waals surface area contributed by atoms with E-state index in [2.05, 4.69) is 90.5 Å². The first kappa shape index (κ1) is 46.3. The van der Waals surface area contributed by atoms with Crippen molar-refractivity contribution in [1.82, 2.24) is 0 Å². The average Bonchev–Trinajstić information content (AvgIpc) is 2.69. The fourth-order valence-corrected chi connectivity index (χ4v) is 0.569. The maximum absolute atomic E-state index is 4.60. The Balaban J connectivity index is -0.0000000417. The van der Waals surface area contributed by atoms with Gasteiger partial charge in [0.2, 0.25) is 0 Å². The third-order valence-electron chi connectivity index (χ3n) is 2.07. The molecule has 178 valence electrons. The fourth-order valence-electron chi connectivity index (χ4n) is 0.569. The summed E-state index contributed by atoms with van der Waals surface area (Å²) >= 11 is 0. The van der Waals surface area contributed by atoms with Gasteiger partial charge in [0.25, 0.3) is 0 Å². The van der Waals surface area contributed by atoms with Crippen LogP contribution in [-0.4, -0.2) is 0 Å². The SMILES string of the molecule is C#CC.C=C(C)C.C=CC.CC=C(C)C.CC=CC.CC=CCC.CC=CCCC.